The number of benzene rings is 2. The standard InChI is InChI=1S/C19H19FN2O2/c20-15-7-9-17(10-8-15)22-13-16(12-19(22)24)21-18(23)11-6-14-4-2-1-3-5-14/h1-5,7-10,16H,6,11-13H2,(H,21,23)/t16-/m1/s1. The van der Waals surface area contributed by atoms with Gasteiger partial charge in [0.25, 0.3) is 0 Å². The molecule has 0 aromatic heterocycles. The highest BCUT2D eigenvalue weighted by Crippen LogP contribution is 2.21. The van der Waals surface area contributed by atoms with Crippen molar-refractivity contribution in [3.63, 3.8) is 0 Å². The Morgan fingerprint density at radius 3 is 2.54 bits per heavy atom. The predicted octanol–water partition coefficient (Wildman–Crippen LogP) is 2.68. The van der Waals surface area contributed by atoms with Gasteiger partial charge in [-0.3, -0.25) is 9.59 Å². The van der Waals surface area contributed by atoms with Crippen LogP contribution < -0.4 is 10.2 Å². The second-order valence-electron chi connectivity index (χ2n) is 5.93. The van der Waals surface area contributed by atoms with Gasteiger partial charge in [-0.25, -0.2) is 4.39 Å². The summed E-state index contributed by atoms with van der Waals surface area (Å²) < 4.78 is 13.0. The van der Waals surface area contributed by atoms with Gasteiger partial charge in [-0.1, -0.05) is 30.3 Å². The van der Waals surface area contributed by atoms with Crippen molar-refractivity contribution in [1.82, 2.24) is 5.32 Å². The van der Waals surface area contributed by atoms with E-state index in [0.29, 0.717) is 25.1 Å². The number of nitrogens with one attached hydrogen (secondary N) is 1. The van der Waals surface area contributed by atoms with E-state index in [4.69, 9.17) is 0 Å². The summed E-state index contributed by atoms with van der Waals surface area (Å²) in [6.07, 6.45) is 1.34. The van der Waals surface area contributed by atoms with E-state index in [1.54, 1.807) is 17.0 Å². The quantitative estimate of drug-likeness (QED) is 0.918. The molecule has 5 heteroatoms. The number of nitrogens with zero attached hydrogens (tertiary/aromatic N) is 1. The van der Waals surface area contributed by atoms with Gasteiger partial charge in [0.05, 0.1) is 6.04 Å². The summed E-state index contributed by atoms with van der Waals surface area (Å²) >= 11 is 0. The van der Waals surface area contributed by atoms with Crippen molar-refractivity contribution in [2.24, 2.45) is 0 Å². The lowest BCUT2D eigenvalue weighted by Crippen LogP contribution is -2.37. The lowest BCUT2D eigenvalue weighted by atomic mass is 10.1. The minimum atomic E-state index is -0.337. The molecular formula is C19H19FN2O2. The van der Waals surface area contributed by atoms with Crippen LogP contribution in [0, 0.1) is 5.82 Å². The first-order valence-corrected chi connectivity index (χ1v) is 8.01. The lowest BCUT2D eigenvalue weighted by molar-refractivity contribution is -0.121. The first-order valence-electron chi connectivity index (χ1n) is 8.01. The molecule has 0 bridgehead atoms. The van der Waals surface area contributed by atoms with Gasteiger partial charge >= 0.3 is 0 Å². The summed E-state index contributed by atoms with van der Waals surface area (Å²) in [5.41, 5.74) is 1.77. The van der Waals surface area contributed by atoms with E-state index in [2.05, 4.69) is 5.32 Å². The summed E-state index contributed by atoms with van der Waals surface area (Å²) in [5, 5.41) is 2.92. The number of hydrogen-bond acceptors (Lipinski definition) is 2. The Bertz CT molecular complexity index is 716. The van der Waals surface area contributed by atoms with E-state index in [1.807, 2.05) is 30.3 Å². The third kappa shape index (κ3) is 3.98. The van der Waals surface area contributed by atoms with Gasteiger partial charge in [0.2, 0.25) is 11.8 Å². The first kappa shape index (κ1) is 16.2. The smallest absolute Gasteiger partial charge is 0.229 e. The van der Waals surface area contributed by atoms with Gasteiger partial charge in [-0.05, 0) is 36.2 Å². The summed E-state index contributed by atoms with van der Waals surface area (Å²) in [5.74, 6) is -0.455. The van der Waals surface area contributed by atoms with E-state index >= 15 is 0 Å². The zero-order chi connectivity index (χ0) is 16.9. The maximum absolute atomic E-state index is 13.0. The molecule has 2 aromatic rings. The van der Waals surface area contributed by atoms with Crippen LogP contribution in [0.3, 0.4) is 0 Å². The molecule has 1 saturated heterocycles. The zero-order valence-electron chi connectivity index (χ0n) is 13.2. The van der Waals surface area contributed by atoms with Crippen molar-refractivity contribution in [2.45, 2.75) is 25.3 Å². The van der Waals surface area contributed by atoms with Crippen LogP contribution in [-0.2, 0) is 16.0 Å². The summed E-state index contributed by atoms with van der Waals surface area (Å²) in [6, 6.07) is 15.4. The fraction of sp³-hybridized carbons (Fsp3) is 0.263. The van der Waals surface area contributed by atoms with Crippen LogP contribution in [0.15, 0.2) is 54.6 Å². The Hall–Kier alpha value is -2.69. The molecule has 4 nitrogen and oxygen atoms in total. The highest BCUT2D eigenvalue weighted by atomic mass is 19.1. The van der Waals surface area contributed by atoms with Crippen molar-refractivity contribution in [1.29, 1.82) is 0 Å². The van der Waals surface area contributed by atoms with Crippen LogP contribution in [0.2, 0.25) is 0 Å². The van der Waals surface area contributed by atoms with Gasteiger partial charge in [0.1, 0.15) is 5.82 Å². The third-order valence-electron chi connectivity index (χ3n) is 4.11. The second kappa shape index (κ2) is 7.25. The number of aryl methyl sites for hydroxylation is 1. The normalized spacial score (nSPS) is 17.1. The molecule has 0 radical (unpaired) electrons. The molecule has 1 aliphatic heterocycles. The SMILES string of the molecule is O=C(CCc1ccccc1)N[C@@H]1CC(=O)N(c2ccc(F)cc2)C1. The highest BCUT2D eigenvalue weighted by molar-refractivity contribution is 5.96. The molecule has 1 N–H and O–H groups in total. The molecule has 0 aliphatic carbocycles. The zero-order valence-corrected chi connectivity index (χ0v) is 13.2. The lowest BCUT2D eigenvalue weighted by Gasteiger charge is -2.17. The molecule has 1 heterocycles. The van der Waals surface area contributed by atoms with Gasteiger partial charge in [-0.15, -0.1) is 0 Å². The van der Waals surface area contributed by atoms with E-state index in [1.165, 1.54) is 12.1 Å². The van der Waals surface area contributed by atoms with Gasteiger partial charge in [0.15, 0.2) is 0 Å². The van der Waals surface area contributed by atoms with Crippen LogP contribution in [0.25, 0.3) is 0 Å². The molecule has 0 spiro atoms. The third-order valence-corrected chi connectivity index (χ3v) is 4.11. The number of anilines is 1. The van der Waals surface area contributed by atoms with Crippen LogP contribution in [0.4, 0.5) is 10.1 Å². The molecule has 0 saturated carbocycles. The van der Waals surface area contributed by atoms with Crippen molar-refractivity contribution in [3.05, 3.63) is 66.0 Å². The average Bonchev–Trinajstić information content (AvgIpc) is 2.95. The van der Waals surface area contributed by atoms with Gasteiger partial charge in [0, 0.05) is 25.1 Å². The Balaban J connectivity index is 1.52. The Morgan fingerprint density at radius 1 is 1.12 bits per heavy atom. The van der Waals surface area contributed by atoms with Crippen LogP contribution in [-0.4, -0.2) is 24.4 Å². The monoisotopic (exact) mass is 326 g/mol. The van der Waals surface area contributed by atoms with Crippen molar-refractivity contribution in [3.8, 4) is 0 Å². The van der Waals surface area contributed by atoms with Crippen molar-refractivity contribution >= 4 is 17.5 Å². The van der Waals surface area contributed by atoms with Crippen molar-refractivity contribution in [2.75, 3.05) is 11.4 Å². The summed E-state index contributed by atoms with van der Waals surface area (Å²) in [7, 11) is 0. The van der Waals surface area contributed by atoms with Gasteiger partial charge < -0.3 is 10.2 Å². The molecule has 3 rings (SSSR count). The molecule has 1 aliphatic rings. The maximum Gasteiger partial charge on any atom is 0.229 e. The van der Waals surface area contributed by atoms with E-state index in [9.17, 15) is 14.0 Å². The Kier molecular flexibility index (Phi) is 4.89. The number of hydrogen-bond donors (Lipinski definition) is 1. The number of halogens is 1. The Labute approximate surface area is 140 Å². The average molecular weight is 326 g/mol. The van der Waals surface area contributed by atoms with Gasteiger partial charge in [-0.2, -0.15) is 0 Å². The topological polar surface area (TPSA) is 49.4 Å². The van der Waals surface area contributed by atoms with E-state index < -0.39 is 0 Å². The highest BCUT2D eigenvalue weighted by Gasteiger charge is 2.31. The largest absolute Gasteiger partial charge is 0.351 e. The molecule has 2 aromatic carbocycles. The summed E-state index contributed by atoms with van der Waals surface area (Å²) in [6.45, 7) is 0.418. The van der Waals surface area contributed by atoms with Crippen LogP contribution in [0.5, 0.6) is 0 Å². The molecule has 1 fully saturated rings. The number of carbonyl (C=O) groups excluding carboxylic acids is 2. The predicted molar refractivity (Wildman–Crippen MR) is 90.1 cm³/mol. The van der Waals surface area contributed by atoms with Crippen molar-refractivity contribution < 1.29 is 14.0 Å². The number of amides is 2. The summed E-state index contributed by atoms with van der Waals surface area (Å²) in [4.78, 5) is 25.8. The van der Waals surface area contributed by atoms with E-state index in [-0.39, 0.29) is 30.1 Å². The minimum Gasteiger partial charge on any atom is -0.351 e. The first-order chi connectivity index (χ1) is 11.6. The van der Waals surface area contributed by atoms with E-state index in [0.717, 1.165) is 5.56 Å². The minimum absolute atomic E-state index is 0.0578. The molecular weight excluding hydrogens is 307 g/mol. The molecule has 24 heavy (non-hydrogen) atoms. The molecule has 124 valence electrons. The van der Waals surface area contributed by atoms with Crippen LogP contribution in [0.1, 0.15) is 18.4 Å². The maximum atomic E-state index is 13.0. The molecule has 2 amide bonds. The molecule has 0 unspecified atom stereocenters. The van der Waals surface area contributed by atoms with Crippen LogP contribution >= 0.6 is 0 Å². The molecule has 1 atom stereocenters. The fourth-order valence-corrected chi connectivity index (χ4v) is 2.88. The number of carbonyl (C=O) groups is 2. The number of rotatable bonds is 5. The second-order valence-corrected chi connectivity index (χ2v) is 5.93. The fourth-order valence-electron chi connectivity index (χ4n) is 2.88. The Morgan fingerprint density at radius 2 is 1.83 bits per heavy atom.